The van der Waals surface area contributed by atoms with E-state index in [2.05, 4.69) is 34.4 Å². The number of anilines is 1. The van der Waals surface area contributed by atoms with E-state index in [4.69, 9.17) is 19.5 Å². The van der Waals surface area contributed by atoms with Crippen molar-refractivity contribution in [1.82, 2.24) is 30.2 Å². The number of phosphoric acid groups is 3. The fraction of sp³-hybridized carbons (Fsp3) is 0.593. The number of aldehydes is 1. The molecule has 2 aromatic rings. The number of phosphoric ester groups is 3. The minimum Gasteiger partial charge on any atom is -0.386 e. The molecule has 56 heavy (non-hydrogen) atoms. The molecule has 7 atom stereocenters. The number of nitrogen functional groups attached to an aromatic ring is 1. The van der Waals surface area contributed by atoms with Gasteiger partial charge in [0.1, 0.15) is 42.5 Å². The molecule has 29 heteroatoms. The first kappa shape index (κ1) is 47.3. The summed E-state index contributed by atoms with van der Waals surface area (Å²) in [5, 5.41) is 26.1. The molecule has 7 unspecified atom stereocenters. The van der Waals surface area contributed by atoms with Crippen molar-refractivity contribution in [3.8, 4) is 0 Å². The number of hydrogen-bond donors (Lipinski definition) is 9. The van der Waals surface area contributed by atoms with Crippen molar-refractivity contribution in [2.45, 2.75) is 63.8 Å². The van der Waals surface area contributed by atoms with Crippen LogP contribution in [0.15, 0.2) is 24.8 Å². The van der Waals surface area contributed by atoms with Crippen LogP contribution in [0.4, 0.5) is 5.82 Å². The van der Waals surface area contributed by atoms with Crippen molar-refractivity contribution >= 4 is 75.4 Å². The first-order valence-electron chi connectivity index (χ1n) is 16.2. The molecule has 0 radical (unpaired) electrons. The third-order valence-corrected chi connectivity index (χ3v) is 11.4. The highest BCUT2D eigenvalue weighted by Gasteiger charge is 2.50. The van der Waals surface area contributed by atoms with Crippen LogP contribution in [0.25, 0.3) is 11.2 Å². The van der Waals surface area contributed by atoms with E-state index < -0.39 is 84.6 Å². The van der Waals surface area contributed by atoms with Crippen LogP contribution in [-0.4, -0.2) is 129 Å². The number of aliphatic hydroxyl groups is 2. The molecule has 3 rings (SSSR count). The van der Waals surface area contributed by atoms with E-state index >= 15 is 0 Å². The van der Waals surface area contributed by atoms with Crippen molar-refractivity contribution in [1.29, 1.82) is 0 Å². The van der Waals surface area contributed by atoms with Gasteiger partial charge in [-0.15, -0.1) is 0 Å². The van der Waals surface area contributed by atoms with Crippen LogP contribution >= 0.6 is 35.2 Å². The van der Waals surface area contributed by atoms with E-state index in [1.54, 1.807) is 12.2 Å². The standard InChI is InChI=1S/C27H42N7O18P3S/c1-27(2,22(39)25(40)30-8-7-17(36)29-9-11-56-18(37)6-4-3-5-10-35)13-49-55(46,47)52-54(44,45)48-12-16-21(51-53(41,42)43)20(38)26(50-16)34-15-33-19-23(28)31-14-32-24(19)34/h3-4,10,14-16,20-22,26,38-39H,5-9,11-13H2,1-2H3,(H,29,36)(H,30,40)(H,44,45)(H,46,47)(H2,28,31,32)(H2,41,42,43)/b4-3-. The molecule has 314 valence electrons. The van der Waals surface area contributed by atoms with Crippen LogP contribution in [0, 0.1) is 5.41 Å². The zero-order chi connectivity index (χ0) is 41.9. The Morgan fingerprint density at radius 2 is 1.77 bits per heavy atom. The molecule has 0 bridgehead atoms. The van der Waals surface area contributed by atoms with Gasteiger partial charge in [-0.2, -0.15) is 4.31 Å². The lowest BCUT2D eigenvalue weighted by molar-refractivity contribution is -0.137. The monoisotopic (exact) mass is 877 g/mol. The molecule has 1 fully saturated rings. The van der Waals surface area contributed by atoms with Gasteiger partial charge in [-0.05, 0) is 0 Å². The Morgan fingerprint density at radius 3 is 2.45 bits per heavy atom. The molecule has 10 N–H and O–H groups in total. The van der Waals surface area contributed by atoms with Gasteiger partial charge in [-0.3, -0.25) is 32.5 Å². The second-order valence-corrected chi connectivity index (χ2v) is 17.8. The highest BCUT2D eigenvalue weighted by Crippen LogP contribution is 2.61. The Labute approximate surface area is 322 Å². The lowest BCUT2D eigenvalue weighted by Crippen LogP contribution is -2.46. The summed E-state index contributed by atoms with van der Waals surface area (Å²) < 4.78 is 62.0. The molecule has 0 saturated carbocycles. The van der Waals surface area contributed by atoms with Gasteiger partial charge < -0.3 is 55.7 Å². The van der Waals surface area contributed by atoms with E-state index in [1.807, 2.05) is 0 Å². The number of fused-ring (bicyclic) bond motifs is 1. The van der Waals surface area contributed by atoms with E-state index in [0.717, 1.165) is 29.0 Å². The Hall–Kier alpha value is -3.03. The molecular formula is C27H42N7O18P3S. The second-order valence-electron chi connectivity index (χ2n) is 12.4. The SMILES string of the molecule is CC(C)(COP(=O)(O)OP(=O)(O)OCC1OC(n2cnc3c(N)ncnc32)C(O)C1OP(=O)(O)O)C(O)C(=O)NCCC(=O)NCCSC(=O)C/C=C\CC=O. The quantitative estimate of drug-likeness (QED) is 0.0285. The summed E-state index contributed by atoms with van der Waals surface area (Å²) in [6.07, 6.45) is -2.83. The Morgan fingerprint density at radius 1 is 1.07 bits per heavy atom. The number of nitrogens with zero attached hydrogens (tertiary/aromatic N) is 4. The molecule has 2 amide bonds. The summed E-state index contributed by atoms with van der Waals surface area (Å²) >= 11 is 0.989. The van der Waals surface area contributed by atoms with Gasteiger partial charge in [0.05, 0.1) is 19.5 Å². The Bertz CT molecular complexity index is 1880. The largest absolute Gasteiger partial charge is 0.481 e. The molecule has 3 heterocycles. The highest BCUT2D eigenvalue weighted by molar-refractivity contribution is 8.13. The Kier molecular flexibility index (Phi) is 17.4. The summed E-state index contributed by atoms with van der Waals surface area (Å²) in [5.74, 6) is -1.23. The third-order valence-electron chi connectivity index (χ3n) is 7.45. The van der Waals surface area contributed by atoms with Gasteiger partial charge in [0.2, 0.25) is 11.8 Å². The average Bonchev–Trinajstić information content (AvgIpc) is 3.66. The normalized spacial score (nSPS) is 21.7. The van der Waals surface area contributed by atoms with Crippen molar-refractivity contribution in [3.05, 3.63) is 24.8 Å². The lowest BCUT2D eigenvalue weighted by Gasteiger charge is -2.30. The predicted molar refractivity (Wildman–Crippen MR) is 192 cm³/mol. The molecule has 25 nitrogen and oxygen atoms in total. The zero-order valence-corrected chi connectivity index (χ0v) is 33.1. The van der Waals surface area contributed by atoms with E-state index in [1.165, 1.54) is 13.8 Å². The van der Waals surface area contributed by atoms with Gasteiger partial charge in [-0.25, -0.2) is 28.6 Å². The number of hydrogen-bond acceptors (Lipinski definition) is 19. The van der Waals surface area contributed by atoms with E-state index in [9.17, 15) is 62.7 Å². The first-order chi connectivity index (χ1) is 26.1. The third kappa shape index (κ3) is 14.7. The minimum atomic E-state index is -5.58. The fourth-order valence-electron chi connectivity index (χ4n) is 4.69. The summed E-state index contributed by atoms with van der Waals surface area (Å²) in [6.45, 7) is 0.371. The molecular weight excluding hydrogens is 835 g/mol. The predicted octanol–water partition coefficient (Wildman–Crippen LogP) is -0.800. The first-order valence-corrected chi connectivity index (χ1v) is 21.7. The number of ether oxygens (including phenoxy) is 1. The summed E-state index contributed by atoms with van der Waals surface area (Å²) in [6, 6.07) is 0. The number of nitrogens with two attached hydrogens (primary N) is 1. The average molecular weight is 878 g/mol. The van der Waals surface area contributed by atoms with Crippen molar-refractivity contribution in [2.75, 3.05) is 37.8 Å². The summed E-state index contributed by atoms with van der Waals surface area (Å²) in [5.41, 5.74) is 4.23. The van der Waals surface area contributed by atoms with Crippen LogP contribution in [0.5, 0.6) is 0 Å². The molecule has 1 aliphatic rings. The van der Waals surface area contributed by atoms with Gasteiger partial charge in [-0.1, -0.05) is 37.8 Å². The zero-order valence-electron chi connectivity index (χ0n) is 29.6. The minimum absolute atomic E-state index is 0.0247. The Balaban J connectivity index is 1.48. The van der Waals surface area contributed by atoms with Gasteiger partial charge in [0.15, 0.2) is 22.8 Å². The van der Waals surface area contributed by atoms with Crippen molar-refractivity contribution in [2.24, 2.45) is 5.41 Å². The number of carbonyl (C=O) groups excluding carboxylic acids is 4. The smallest absolute Gasteiger partial charge is 0.386 e. The van der Waals surface area contributed by atoms with Crippen LogP contribution in [0.1, 0.15) is 39.3 Å². The molecule has 2 aromatic heterocycles. The summed E-state index contributed by atoms with van der Waals surface area (Å²) in [7, 11) is -16.4. The van der Waals surface area contributed by atoms with Crippen molar-refractivity contribution < 1.29 is 85.3 Å². The topological polar surface area (TPSA) is 381 Å². The highest BCUT2D eigenvalue weighted by atomic mass is 32.2. The molecule has 1 aliphatic heterocycles. The fourth-order valence-corrected chi connectivity index (χ4v) is 8.16. The number of nitrogens with one attached hydrogen (secondary N) is 2. The van der Waals surface area contributed by atoms with Crippen LogP contribution in [0.2, 0.25) is 0 Å². The molecule has 0 aromatic carbocycles. The van der Waals surface area contributed by atoms with Crippen LogP contribution in [0.3, 0.4) is 0 Å². The van der Waals surface area contributed by atoms with Gasteiger partial charge >= 0.3 is 23.5 Å². The van der Waals surface area contributed by atoms with Gasteiger partial charge in [0, 0.05) is 43.5 Å². The number of rotatable bonds is 23. The number of allylic oxidation sites excluding steroid dienone is 2. The van der Waals surface area contributed by atoms with E-state index in [0.29, 0.717) is 6.29 Å². The molecule has 0 aliphatic carbocycles. The summed E-state index contributed by atoms with van der Waals surface area (Å²) in [4.78, 5) is 97.4. The second kappa shape index (κ2) is 20.6. The number of carbonyl (C=O) groups is 4. The van der Waals surface area contributed by atoms with Gasteiger partial charge in [0.25, 0.3) is 0 Å². The number of imidazole rings is 1. The molecule has 1 saturated heterocycles. The maximum Gasteiger partial charge on any atom is 0.481 e. The van der Waals surface area contributed by atoms with Crippen LogP contribution in [-0.2, 0) is 55.5 Å². The lowest BCUT2D eigenvalue weighted by atomic mass is 9.87. The number of aliphatic hydroxyl groups excluding tert-OH is 2. The maximum atomic E-state index is 12.7. The van der Waals surface area contributed by atoms with Crippen molar-refractivity contribution in [3.63, 3.8) is 0 Å². The van der Waals surface area contributed by atoms with Crippen LogP contribution < -0.4 is 16.4 Å². The maximum absolute atomic E-state index is 12.7. The van der Waals surface area contributed by atoms with E-state index in [-0.39, 0.29) is 60.2 Å². The number of amides is 2. The number of thioether (sulfide) groups is 1. The number of aromatic nitrogens is 4. The molecule has 0 spiro atoms.